The molecule has 0 heterocycles. The molecule has 0 amide bonds. The lowest BCUT2D eigenvalue weighted by Crippen LogP contribution is -2.08. The van der Waals surface area contributed by atoms with Crippen molar-refractivity contribution >= 4 is 5.76 Å². The minimum absolute atomic E-state index is 0.506. The van der Waals surface area contributed by atoms with Crippen molar-refractivity contribution in [2.75, 3.05) is 6.61 Å². The summed E-state index contributed by atoms with van der Waals surface area (Å²) >= 11 is 0. The zero-order valence-corrected chi connectivity index (χ0v) is 14.2. The Balaban J connectivity index is 2.00. The van der Waals surface area contributed by atoms with Gasteiger partial charge < -0.3 is 4.74 Å². The quantitative estimate of drug-likeness (QED) is 0.504. The largest absolute Gasteiger partial charge is 0.493 e. The molecular formula is C22H26O. The Bertz CT molecular complexity index is 600. The highest BCUT2D eigenvalue weighted by molar-refractivity contribution is 5.68. The molecule has 1 heteroatoms. The van der Waals surface area contributed by atoms with E-state index in [0.717, 1.165) is 23.1 Å². The molecule has 0 aliphatic rings. The molecule has 1 atom stereocenters. The number of unbranched alkanes of at least 4 members (excludes halogenated alkanes) is 1. The molecule has 2 aromatic carbocycles. The number of benzene rings is 2. The van der Waals surface area contributed by atoms with Gasteiger partial charge in [-0.25, -0.2) is 0 Å². The molecule has 0 spiro atoms. The monoisotopic (exact) mass is 306 g/mol. The molecule has 0 saturated carbocycles. The fourth-order valence-electron chi connectivity index (χ4n) is 2.59. The molecule has 0 aliphatic carbocycles. The summed E-state index contributed by atoms with van der Waals surface area (Å²) in [5.74, 6) is 1.09. The molecule has 1 unspecified atom stereocenters. The third kappa shape index (κ3) is 5.28. The summed E-state index contributed by atoms with van der Waals surface area (Å²) in [5.41, 5.74) is 3.09. The molecule has 2 radical (unpaired) electrons. The van der Waals surface area contributed by atoms with Gasteiger partial charge in [0.25, 0.3) is 0 Å². The summed E-state index contributed by atoms with van der Waals surface area (Å²) in [6.07, 6.45) is 4.81. The van der Waals surface area contributed by atoms with Crippen LogP contribution in [0, 0.1) is 18.6 Å². The van der Waals surface area contributed by atoms with Crippen LogP contribution in [0.4, 0.5) is 0 Å². The Labute approximate surface area is 141 Å². The molecule has 23 heavy (non-hydrogen) atoms. The van der Waals surface area contributed by atoms with Gasteiger partial charge in [0, 0.05) is 5.56 Å². The van der Waals surface area contributed by atoms with Crippen LogP contribution in [0.5, 0.6) is 0 Å². The smallest absolute Gasteiger partial charge is 0.126 e. The molecule has 0 aromatic heterocycles. The average Bonchev–Trinajstić information content (AvgIpc) is 2.62. The molecule has 0 saturated heterocycles. The van der Waals surface area contributed by atoms with Crippen LogP contribution in [0.15, 0.2) is 48.5 Å². The highest BCUT2D eigenvalue weighted by atomic mass is 16.5. The summed E-state index contributed by atoms with van der Waals surface area (Å²) in [6, 6.07) is 19.4. The van der Waals surface area contributed by atoms with E-state index in [1.807, 2.05) is 36.4 Å². The lowest BCUT2D eigenvalue weighted by molar-refractivity contribution is 0.203. The predicted octanol–water partition coefficient (Wildman–Crippen LogP) is 6.16. The van der Waals surface area contributed by atoms with Crippen molar-refractivity contribution in [1.29, 1.82) is 0 Å². The highest BCUT2D eigenvalue weighted by Gasteiger charge is 2.09. The fraction of sp³-hybridized carbons (Fsp3) is 0.364. The van der Waals surface area contributed by atoms with Crippen molar-refractivity contribution in [2.24, 2.45) is 5.92 Å². The van der Waals surface area contributed by atoms with Crippen molar-refractivity contribution in [3.05, 3.63) is 66.7 Å². The Hall–Kier alpha value is -2.02. The number of hydrogen-bond donors (Lipinski definition) is 0. The summed E-state index contributed by atoms with van der Waals surface area (Å²) in [4.78, 5) is 0. The van der Waals surface area contributed by atoms with E-state index in [9.17, 15) is 0 Å². The Kier molecular flexibility index (Phi) is 6.93. The van der Waals surface area contributed by atoms with E-state index in [1.54, 1.807) is 0 Å². The number of hydrogen-bond acceptors (Lipinski definition) is 1. The zero-order chi connectivity index (χ0) is 16.5. The maximum absolute atomic E-state index is 6.15. The van der Waals surface area contributed by atoms with E-state index < -0.39 is 0 Å². The molecule has 2 rings (SSSR count). The van der Waals surface area contributed by atoms with Crippen molar-refractivity contribution in [2.45, 2.75) is 39.5 Å². The van der Waals surface area contributed by atoms with Crippen LogP contribution < -0.4 is 0 Å². The van der Waals surface area contributed by atoms with Gasteiger partial charge >= 0.3 is 0 Å². The third-order valence-corrected chi connectivity index (χ3v) is 4.19. The van der Waals surface area contributed by atoms with E-state index in [0.29, 0.717) is 18.3 Å². The summed E-state index contributed by atoms with van der Waals surface area (Å²) in [5, 5.41) is 0. The van der Waals surface area contributed by atoms with Gasteiger partial charge in [0.05, 0.1) is 6.61 Å². The number of rotatable bonds is 9. The van der Waals surface area contributed by atoms with Gasteiger partial charge in [-0.3, -0.25) is 0 Å². The molecule has 1 nitrogen and oxygen atoms in total. The first-order valence-corrected chi connectivity index (χ1v) is 8.57. The van der Waals surface area contributed by atoms with E-state index in [1.165, 1.54) is 19.3 Å². The molecule has 0 N–H and O–H groups in total. The second-order valence-electron chi connectivity index (χ2n) is 5.95. The van der Waals surface area contributed by atoms with Gasteiger partial charge in [0.15, 0.2) is 0 Å². The maximum Gasteiger partial charge on any atom is 0.126 e. The number of ether oxygens (including phenoxy) is 1. The highest BCUT2D eigenvalue weighted by Crippen LogP contribution is 2.24. The van der Waals surface area contributed by atoms with Gasteiger partial charge in [-0.05, 0) is 42.2 Å². The SMILES string of the molecule is [CH]=C(OCC(CC)CCCC)c1cc[c]c(-c2ccccc2)c1. The van der Waals surface area contributed by atoms with Gasteiger partial charge in [0.2, 0.25) is 0 Å². The topological polar surface area (TPSA) is 9.23 Å². The zero-order valence-electron chi connectivity index (χ0n) is 14.2. The van der Waals surface area contributed by atoms with E-state index in [4.69, 9.17) is 11.3 Å². The molecule has 120 valence electrons. The second kappa shape index (κ2) is 9.19. The van der Waals surface area contributed by atoms with E-state index >= 15 is 0 Å². The van der Waals surface area contributed by atoms with Crippen molar-refractivity contribution in [1.82, 2.24) is 0 Å². The van der Waals surface area contributed by atoms with Crippen LogP contribution in [0.2, 0.25) is 0 Å². The van der Waals surface area contributed by atoms with E-state index in [2.05, 4.69) is 32.0 Å². The van der Waals surface area contributed by atoms with Gasteiger partial charge in [-0.2, -0.15) is 0 Å². The molecule has 0 bridgehead atoms. The Morgan fingerprint density at radius 2 is 1.96 bits per heavy atom. The average molecular weight is 306 g/mol. The van der Waals surface area contributed by atoms with Crippen LogP contribution in [0.3, 0.4) is 0 Å². The summed E-state index contributed by atoms with van der Waals surface area (Å²) in [7, 11) is 0. The minimum atomic E-state index is 0.506. The first kappa shape index (κ1) is 17.3. The van der Waals surface area contributed by atoms with Crippen molar-refractivity contribution in [3.8, 4) is 11.1 Å². The van der Waals surface area contributed by atoms with Crippen LogP contribution in [-0.2, 0) is 4.74 Å². The normalized spacial score (nSPS) is 11.9. The van der Waals surface area contributed by atoms with Crippen molar-refractivity contribution in [3.63, 3.8) is 0 Å². The molecule has 2 aromatic rings. The standard InChI is InChI=1S/C22H26O/c1-4-6-11-19(5-2)17-23-18(3)21-14-10-15-22(16-21)20-12-8-7-9-13-20/h3,7-10,12-14,16,19H,4-6,11,17H2,1-2H3. The molecule has 0 aliphatic heterocycles. The van der Waals surface area contributed by atoms with Crippen LogP contribution >= 0.6 is 0 Å². The Morgan fingerprint density at radius 1 is 1.17 bits per heavy atom. The summed E-state index contributed by atoms with van der Waals surface area (Å²) < 4.78 is 5.85. The second-order valence-corrected chi connectivity index (χ2v) is 5.95. The third-order valence-electron chi connectivity index (χ3n) is 4.19. The first-order chi connectivity index (χ1) is 11.2. The Morgan fingerprint density at radius 3 is 2.65 bits per heavy atom. The predicted molar refractivity (Wildman–Crippen MR) is 97.7 cm³/mol. The minimum Gasteiger partial charge on any atom is -0.493 e. The van der Waals surface area contributed by atoms with Gasteiger partial charge in [0.1, 0.15) is 5.76 Å². The first-order valence-electron chi connectivity index (χ1n) is 8.57. The van der Waals surface area contributed by atoms with E-state index in [-0.39, 0.29) is 0 Å². The van der Waals surface area contributed by atoms with Gasteiger partial charge in [-0.15, -0.1) is 0 Å². The van der Waals surface area contributed by atoms with Crippen LogP contribution in [-0.4, -0.2) is 6.61 Å². The van der Waals surface area contributed by atoms with Crippen LogP contribution in [0.25, 0.3) is 16.9 Å². The van der Waals surface area contributed by atoms with Crippen LogP contribution in [0.1, 0.15) is 45.1 Å². The lowest BCUT2D eigenvalue weighted by Gasteiger charge is -2.17. The van der Waals surface area contributed by atoms with Crippen molar-refractivity contribution < 1.29 is 4.74 Å². The maximum atomic E-state index is 6.15. The lowest BCUT2D eigenvalue weighted by atomic mass is 10.0. The van der Waals surface area contributed by atoms with Gasteiger partial charge in [-0.1, -0.05) is 75.6 Å². The molecular weight excluding hydrogens is 280 g/mol. The molecule has 0 fully saturated rings. The summed E-state index contributed by atoms with van der Waals surface area (Å²) in [6.45, 7) is 11.3. The fourth-order valence-corrected chi connectivity index (χ4v) is 2.59.